The fourth-order valence-electron chi connectivity index (χ4n) is 2.06. The topological polar surface area (TPSA) is 92.5 Å². The molecule has 3 N–H and O–H groups in total. The van der Waals surface area contributed by atoms with E-state index in [9.17, 15) is 23.2 Å². The van der Waals surface area contributed by atoms with E-state index in [1.54, 1.807) is 0 Å². The number of hydrogen-bond acceptors (Lipinski definition) is 3. The summed E-state index contributed by atoms with van der Waals surface area (Å²) in [4.78, 5) is 35.2. The summed E-state index contributed by atoms with van der Waals surface area (Å²) in [6, 6.07) is 1.68. The van der Waals surface area contributed by atoms with Crippen molar-refractivity contribution in [1.29, 1.82) is 0 Å². The Kier molecular flexibility index (Phi) is 3.16. The lowest BCUT2D eigenvalue weighted by molar-refractivity contribution is -0.134. The molecule has 20 heavy (non-hydrogen) atoms. The Balaban J connectivity index is 2.46. The van der Waals surface area contributed by atoms with E-state index in [0.717, 1.165) is 18.2 Å². The fourth-order valence-corrected chi connectivity index (χ4v) is 2.06. The van der Waals surface area contributed by atoms with Gasteiger partial charge in [0.05, 0.1) is 0 Å². The van der Waals surface area contributed by atoms with E-state index < -0.39 is 41.6 Å². The number of urea groups is 1. The number of benzene rings is 1. The van der Waals surface area contributed by atoms with Crippen molar-refractivity contribution < 1.29 is 23.2 Å². The van der Waals surface area contributed by atoms with Gasteiger partial charge in [0, 0.05) is 5.56 Å². The van der Waals surface area contributed by atoms with Crippen molar-refractivity contribution >= 4 is 17.8 Å². The molecule has 1 heterocycles. The number of primary amides is 1. The van der Waals surface area contributed by atoms with Crippen LogP contribution in [0.5, 0.6) is 0 Å². The number of rotatable bonds is 3. The van der Waals surface area contributed by atoms with E-state index in [1.807, 2.05) is 0 Å². The van der Waals surface area contributed by atoms with Crippen molar-refractivity contribution in [2.75, 3.05) is 6.54 Å². The summed E-state index contributed by atoms with van der Waals surface area (Å²) in [6.45, 7) is 0.600. The molecule has 4 amide bonds. The quantitative estimate of drug-likeness (QED) is 0.777. The van der Waals surface area contributed by atoms with Gasteiger partial charge in [0.2, 0.25) is 5.91 Å². The second kappa shape index (κ2) is 4.55. The number of imide groups is 1. The third-order valence-electron chi connectivity index (χ3n) is 3.06. The highest BCUT2D eigenvalue weighted by Crippen LogP contribution is 2.30. The third kappa shape index (κ3) is 2.09. The molecule has 1 fully saturated rings. The number of amides is 4. The summed E-state index contributed by atoms with van der Waals surface area (Å²) in [5.74, 6) is -3.36. The van der Waals surface area contributed by atoms with Gasteiger partial charge in [0.1, 0.15) is 23.7 Å². The number of hydrogen-bond donors (Lipinski definition) is 2. The summed E-state index contributed by atoms with van der Waals surface area (Å²) in [7, 11) is 0. The van der Waals surface area contributed by atoms with Crippen LogP contribution in [0.3, 0.4) is 0 Å². The molecule has 1 aliphatic heterocycles. The SMILES string of the molecule is CC1(c2cc(F)ccc2F)NC(=O)N(CC(N)=O)C1=O. The molecule has 6 nitrogen and oxygen atoms in total. The molecule has 1 saturated heterocycles. The van der Waals surface area contributed by atoms with E-state index in [1.165, 1.54) is 6.92 Å². The third-order valence-corrected chi connectivity index (χ3v) is 3.06. The average Bonchev–Trinajstić information content (AvgIpc) is 2.56. The molecule has 0 aromatic heterocycles. The maximum absolute atomic E-state index is 13.8. The lowest BCUT2D eigenvalue weighted by atomic mass is 9.91. The first-order valence-corrected chi connectivity index (χ1v) is 5.63. The van der Waals surface area contributed by atoms with Crippen molar-refractivity contribution in [3.8, 4) is 0 Å². The maximum Gasteiger partial charge on any atom is 0.325 e. The first kappa shape index (κ1) is 13.9. The van der Waals surface area contributed by atoms with E-state index >= 15 is 0 Å². The summed E-state index contributed by atoms with van der Waals surface area (Å²) in [6.07, 6.45) is 0. The van der Waals surface area contributed by atoms with Crippen molar-refractivity contribution in [3.63, 3.8) is 0 Å². The minimum Gasteiger partial charge on any atom is -0.368 e. The fraction of sp³-hybridized carbons (Fsp3) is 0.250. The molecule has 0 spiro atoms. The van der Waals surface area contributed by atoms with Crippen LogP contribution < -0.4 is 11.1 Å². The lowest BCUT2D eigenvalue weighted by Gasteiger charge is -2.22. The van der Waals surface area contributed by atoms with Crippen LogP contribution in [0.15, 0.2) is 18.2 Å². The molecular weight excluding hydrogens is 272 g/mol. The molecule has 1 aliphatic rings. The monoisotopic (exact) mass is 283 g/mol. The van der Waals surface area contributed by atoms with Crippen LogP contribution in [0, 0.1) is 11.6 Å². The van der Waals surface area contributed by atoms with Crippen LogP contribution in [-0.2, 0) is 15.1 Å². The Labute approximate surface area is 112 Å². The predicted octanol–water partition coefficient (Wildman–Crippen LogP) is 0.217. The molecule has 2 rings (SSSR count). The minimum atomic E-state index is -1.78. The number of nitrogens with one attached hydrogen (secondary N) is 1. The highest BCUT2D eigenvalue weighted by atomic mass is 19.1. The van der Waals surface area contributed by atoms with Crippen LogP contribution >= 0.6 is 0 Å². The van der Waals surface area contributed by atoms with Gasteiger partial charge in [-0.3, -0.25) is 14.5 Å². The smallest absolute Gasteiger partial charge is 0.325 e. The van der Waals surface area contributed by atoms with Gasteiger partial charge in [0.15, 0.2) is 0 Å². The molecule has 0 aliphatic carbocycles. The summed E-state index contributed by atoms with van der Waals surface area (Å²) in [5.41, 5.74) is 2.84. The second-order valence-corrected chi connectivity index (χ2v) is 4.54. The normalized spacial score (nSPS) is 22.1. The Morgan fingerprint density at radius 3 is 2.65 bits per heavy atom. The summed E-state index contributed by atoms with van der Waals surface area (Å²) >= 11 is 0. The van der Waals surface area contributed by atoms with Crippen LogP contribution in [0.4, 0.5) is 13.6 Å². The zero-order valence-electron chi connectivity index (χ0n) is 10.4. The first-order chi connectivity index (χ1) is 9.25. The van der Waals surface area contributed by atoms with E-state index in [4.69, 9.17) is 5.73 Å². The number of nitrogens with zero attached hydrogens (tertiary/aromatic N) is 1. The van der Waals surface area contributed by atoms with Crippen LogP contribution in [0.2, 0.25) is 0 Å². The highest BCUT2D eigenvalue weighted by Gasteiger charge is 2.50. The van der Waals surface area contributed by atoms with E-state index in [0.29, 0.717) is 4.90 Å². The van der Waals surface area contributed by atoms with Gasteiger partial charge in [-0.1, -0.05) is 0 Å². The summed E-state index contributed by atoms with van der Waals surface area (Å²) in [5, 5.41) is 2.24. The van der Waals surface area contributed by atoms with Crippen LogP contribution in [-0.4, -0.2) is 29.3 Å². The second-order valence-electron chi connectivity index (χ2n) is 4.54. The van der Waals surface area contributed by atoms with E-state index in [2.05, 4.69) is 5.32 Å². The van der Waals surface area contributed by atoms with Gasteiger partial charge in [-0.15, -0.1) is 0 Å². The predicted molar refractivity (Wildman–Crippen MR) is 63.1 cm³/mol. The number of carbonyl (C=O) groups is 3. The summed E-state index contributed by atoms with van der Waals surface area (Å²) < 4.78 is 27.0. The Morgan fingerprint density at radius 2 is 2.05 bits per heavy atom. The first-order valence-electron chi connectivity index (χ1n) is 5.63. The van der Waals surface area contributed by atoms with Crippen molar-refractivity contribution in [2.24, 2.45) is 5.73 Å². The number of halogens is 2. The molecular formula is C12H11F2N3O3. The lowest BCUT2D eigenvalue weighted by Crippen LogP contribution is -2.43. The van der Waals surface area contributed by atoms with Gasteiger partial charge >= 0.3 is 6.03 Å². The molecule has 8 heteroatoms. The van der Waals surface area contributed by atoms with Gasteiger partial charge in [0.25, 0.3) is 5.91 Å². The molecule has 106 valence electrons. The molecule has 0 radical (unpaired) electrons. The molecule has 0 bridgehead atoms. The van der Waals surface area contributed by atoms with Gasteiger partial charge in [-0.25, -0.2) is 13.6 Å². The largest absolute Gasteiger partial charge is 0.368 e. The van der Waals surface area contributed by atoms with Crippen LogP contribution in [0.1, 0.15) is 12.5 Å². The minimum absolute atomic E-state index is 0.317. The molecule has 1 aromatic rings. The highest BCUT2D eigenvalue weighted by molar-refractivity contribution is 6.09. The Hall–Kier alpha value is -2.51. The zero-order valence-corrected chi connectivity index (χ0v) is 10.4. The molecule has 0 saturated carbocycles. The average molecular weight is 283 g/mol. The van der Waals surface area contributed by atoms with Crippen molar-refractivity contribution in [3.05, 3.63) is 35.4 Å². The van der Waals surface area contributed by atoms with Gasteiger partial charge in [-0.05, 0) is 25.1 Å². The Morgan fingerprint density at radius 1 is 1.40 bits per heavy atom. The molecule has 1 unspecified atom stereocenters. The molecule has 1 aromatic carbocycles. The standard InChI is InChI=1S/C12H11F2N3O3/c1-12(7-4-6(13)2-3-8(7)14)10(19)17(5-9(15)18)11(20)16-12/h2-4H,5H2,1H3,(H2,15,18)(H,16,20). The van der Waals surface area contributed by atoms with Crippen molar-refractivity contribution in [1.82, 2.24) is 10.2 Å². The van der Waals surface area contributed by atoms with Gasteiger partial charge < -0.3 is 11.1 Å². The Bertz CT molecular complexity index is 620. The van der Waals surface area contributed by atoms with E-state index in [-0.39, 0.29) is 5.56 Å². The molecule has 1 atom stereocenters. The zero-order chi connectivity index (χ0) is 15.1. The van der Waals surface area contributed by atoms with Gasteiger partial charge in [-0.2, -0.15) is 0 Å². The van der Waals surface area contributed by atoms with Crippen molar-refractivity contribution in [2.45, 2.75) is 12.5 Å². The number of carbonyl (C=O) groups excluding carboxylic acids is 3. The van der Waals surface area contributed by atoms with Crippen LogP contribution in [0.25, 0.3) is 0 Å². The number of nitrogens with two attached hydrogens (primary N) is 1. The maximum atomic E-state index is 13.8.